The van der Waals surface area contributed by atoms with Crippen molar-refractivity contribution in [2.75, 3.05) is 26.7 Å². The number of hydrogen-bond donors (Lipinski definition) is 3. The third-order valence-corrected chi connectivity index (χ3v) is 5.81. The first-order valence-corrected chi connectivity index (χ1v) is 11.3. The van der Waals surface area contributed by atoms with Gasteiger partial charge in [0, 0.05) is 30.8 Å². The lowest BCUT2D eigenvalue weighted by Crippen LogP contribution is -2.49. The molecule has 3 N–H and O–H groups in total. The predicted octanol–water partition coefficient (Wildman–Crippen LogP) is 2.82. The number of amides is 2. The maximum Gasteiger partial charge on any atom is 0.335 e. The van der Waals surface area contributed by atoms with Crippen molar-refractivity contribution < 1.29 is 29.2 Å². The molecule has 0 bridgehead atoms. The minimum atomic E-state index is -1.23. The van der Waals surface area contributed by atoms with Crippen LogP contribution in [0.15, 0.2) is 59.8 Å². The van der Waals surface area contributed by atoms with Gasteiger partial charge in [-0.15, -0.1) is 0 Å². The van der Waals surface area contributed by atoms with E-state index in [2.05, 4.69) is 10.6 Å². The minimum Gasteiger partial charge on any atom is -0.497 e. The van der Waals surface area contributed by atoms with Crippen molar-refractivity contribution in [3.05, 3.63) is 81.0 Å². The highest BCUT2D eigenvalue weighted by Crippen LogP contribution is 2.35. The van der Waals surface area contributed by atoms with E-state index in [1.165, 1.54) is 30.0 Å². The van der Waals surface area contributed by atoms with Gasteiger partial charge in [-0.25, -0.2) is 9.59 Å². The Balaban J connectivity index is 1.63. The monoisotopic (exact) mass is 496 g/mol. The molecule has 0 aliphatic carbocycles. The molecule has 190 valence electrons. The molecule has 2 amide bonds. The van der Waals surface area contributed by atoms with E-state index in [-0.39, 0.29) is 42.3 Å². The fraction of sp³-hybridized carbons (Fsp3) is 0.320. The summed E-state index contributed by atoms with van der Waals surface area (Å²) in [6.07, 6.45) is 0.701. The number of hydrogen-bond acceptors (Lipinski definition) is 7. The fourth-order valence-corrected chi connectivity index (χ4v) is 4.08. The van der Waals surface area contributed by atoms with E-state index < -0.39 is 23.0 Å². The molecule has 2 aromatic carbocycles. The largest absolute Gasteiger partial charge is 0.497 e. The highest BCUT2D eigenvalue weighted by molar-refractivity contribution is 5.93. The molecule has 1 aliphatic rings. The van der Waals surface area contributed by atoms with Crippen molar-refractivity contribution >= 4 is 23.5 Å². The second-order valence-electron chi connectivity index (χ2n) is 8.32. The van der Waals surface area contributed by atoms with Gasteiger partial charge < -0.3 is 25.4 Å². The van der Waals surface area contributed by atoms with Gasteiger partial charge in [-0.3, -0.25) is 14.9 Å². The second kappa shape index (κ2) is 11.9. The molecule has 1 unspecified atom stereocenters. The molecule has 3 rings (SSSR count). The fourth-order valence-electron chi connectivity index (χ4n) is 4.08. The number of urea groups is 1. The maximum absolute atomic E-state index is 12.8. The molecule has 0 radical (unpaired) electrons. The Bertz CT molecular complexity index is 1180. The van der Waals surface area contributed by atoms with E-state index in [9.17, 15) is 29.6 Å². The zero-order valence-electron chi connectivity index (χ0n) is 20.0. The van der Waals surface area contributed by atoms with Gasteiger partial charge >= 0.3 is 12.0 Å². The number of carbonyl (C=O) groups is 3. The number of carboxylic acid groups (broad SMARTS) is 1. The summed E-state index contributed by atoms with van der Waals surface area (Å²) in [5.41, 5.74) is 1.13. The quantitative estimate of drug-likeness (QED) is 0.231. The number of non-ortho nitro benzene ring substituents is 1. The summed E-state index contributed by atoms with van der Waals surface area (Å²) in [6.45, 7) is 2.21. The molecule has 1 atom stereocenters. The molecule has 36 heavy (non-hydrogen) atoms. The lowest BCUT2D eigenvalue weighted by Gasteiger charge is -2.37. The number of benzene rings is 2. The van der Waals surface area contributed by atoms with Crippen LogP contribution in [0.25, 0.3) is 0 Å². The van der Waals surface area contributed by atoms with Gasteiger partial charge in [-0.2, -0.15) is 0 Å². The van der Waals surface area contributed by atoms with Gasteiger partial charge in [-0.1, -0.05) is 24.3 Å². The van der Waals surface area contributed by atoms with Gasteiger partial charge in [0.15, 0.2) is 5.78 Å². The number of methoxy groups -OCH3 is 1. The number of carbonyl (C=O) groups excluding carboxylic acids is 2. The van der Waals surface area contributed by atoms with Crippen molar-refractivity contribution in [2.45, 2.75) is 25.8 Å². The van der Waals surface area contributed by atoms with Crippen LogP contribution in [-0.2, 0) is 16.0 Å². The molecule has 11 heteroatoms. The van der Waals surface area contributed by atoms with Crippen LogP contribution in [0.3, 0.4) is 0 Å². The van der Waals surface area contributed by atoms with Crippen LogP contribution in [0.1, 0.15) is 30.5 Å². The number of nitrogens with zero attached hydrogens (tertiary/aromatic N) is 2. The third-order valence-electron chi connectivity index (χ3n) is 5.81. The van der Waals surface area contributed by atoms with Gasteiger partial charge in [-0.05, 0) is 43.1 Å². The zero-order chi connectivity index (χ0) is 26.2. The van der Waals surface area contributed by atoms with Gasteiger partial charge in [0.2, 0.25) is 0 Å². The minimum absolute atomic E-state index is 0.00271. The van der Waals surface area contributed by atoms with Crippen molar-refractivity contribution in [3.63, 3.8) is 0 Å². The number of rotatable bonds is 12. The smallest absolute Gasteiger partial charge is 0.335 e. The van der Waals surface area contributed by atoms with Crippen molar-refractivity contribution in [1.82, 2.24) is 15.5 Å². The summed E-state index contributed by atoms with van der Waals surface area (Å²) in [5, 5.41) is 26.7. The average Bonchev–Trinajstić information content (AvgIpc) is 2.84. The highest BCUT2D eigenvalue weighted by Gasteiger charge is 2.37. The number of nitrogens with one attached hydrogen (secondary N) is 2. The molecule has 11 nitrogen and oxygen atoms in total. The normalized spacial score (nSPS) is 15.4. The Morgan fingerprint density at radius 2 is 1.94 bits per heavy atom. The van der Waals surface area contributed by atoms with Gasteiger partial charge in [0.05, 0.1) is 30.2 Å². The first-order valence-electron chi connectivity index (χ1n) is 11.3. The lowest BCUT2D eigenvalue weighted by atomic mass is 9.93. The zero-order valence-corrected chi connectivity index (χ0v) is 20.0. The molecule has 0 spiro atoms. The highest BCUT2D eigenvalue weighted by atomic mass is 16.6. The summed E-state index contributed by atoms with van der Waals surface area (Å²) in [7, 11) is 1.57. The van der Waals surface area contributed by atoms with E-state index >= 15 is 0 Å². The lowest BCUT2D eigenvalue weighted by molar-refractivity contribution is -0.384. The number of Topliss-reactive ketones (excluding diaryl/α,β-unsaturated/α-hetero) is 1. The SMILES string of the molecule is COc1ccc(CC(=O)CNCCCN2C(=O)NC(C)=C(C(=O)O)C2c2cccc([N+](=O)[O-])c2)cc1. The Morgan fingerprint density at radius 1 is 1.22 bits per heavy atom. The molecule has 0 saturated carbocycles. The maximum atomic E-state index is 12.8. The van der Waals surface area contributed by atoms with Crippen LogP contribution in [0.2, 0.25) is 0 Å². The third kappa shape index (κ3) is 6.45. The van der Waals surface area contributed by atoms with Crippen molar-refractivity contribution in [3.8, 4) is 5.75 Å². The molecule has 1 heterocycles. The van der Waals surface area contributed by atoms with E-state index in [0.717, 1.165) is 5.56 Å². The molecule has 2 aromatic rings. The Hall–Kier alpha value is -4.25. The van der Waals surface area contributed by atoms with Crippen LogP contribution < -0.4 is 15.4 Å². The number of aliphatic carboxylic acids is 1. The first-order chi connectivity index (χ1) is 17.2. The van der Waals surface area contributed by atoms with E-state index in [4.69, 9.17) is 4.74 Å². The molecular formula is C25H28N4O7. The van der Waals surface area contributed by atoms with Crippen molar-refractivity contribution in [2.24, 2.45) is 0 Å². The summed E-state index contributed by atoms with van der Waals surface area (Å²) >= 11 is 0. The molecule has 0 fully saturated rings. The predicted molar refractivity (Wildman–Crippen MR) is 131 cm³/mol. The van der Waals surface area contributed by atoms with Crippen molar-refractivity contribution in [1.29, 1.82) is 0 Å². The average molecular weight is 497 g/mol. The molecular weight excluding hydrogens is 468 g/mol. The van der Waals surface area contributed by atoms with Crippen LogP contribution in [-0.4, -0.2) is 59.5 Å². The summed E-state index contributed by atoms with van der Waals surface area (Å²) in [6, 6.07) is 11.4. The van der Waals surface area contributed by atoms with Crippen LogP contribution in [0, 0.1) is 10.1 Å². The van der Waals surface area contributed by atoms with Crippen LogP contribution >= 0.6 is 0 Å². The standard InChI is InChI=1S/C25H28N4O7/c1-16-22(24(31)32)23(18-5-3-6-19(14-18)29(34)35)28(25(33)27-16)12-4-11-26-15-20(30)13-17-7-9-21(36-2)10-8-17/h3,5-10,14,23,26H,4,11-13,15H2,1-2H3,(H,27,33)(H,31,32). The Morgan fingerprint density at radius 3 is 2.58 bits per heavy atom. The van der Waals surface area contributed by atoms with Crippen LogP contribution in [0.5, 0.6) is 5.75 Å². The van der Waals surface area contributed by atoms with Gasteiger partial charge in [0.25, 0.3) is 5.69 Å². The number of ether oxygens (including phenoxy) is 1. The molecule has 1 aliphatic heterocycles. The number of nitro benzene ring substituents is 1. The number of allylic oxidation sites excluding steroid dienone is 1. The Kier molecular flexibility index (Phi) is 8.74. The summed E-state index contributed by atoms with van der Waals surface area (Å²) < 4.78 is 5.11. The topological polar surface area (TPSA) is 151 Å². The second-order valence-corrected chi connectivity index (χ2v) is 8.32. The Labute approximate surface area is 207 Å². The van der Waals surface area contributed by atoms with Gasteiger partial charge in [0.1, 0.15) is 5.75 Å². The van der Waals surface area contributed by atoms with Crippen LogP contribution in [0.4, 0.5) is 10.5 Å². The van der Waals surface area contributed by atoms with E-state index in [1.54, 1.807) is 25.3 Å². The summed E-state index contributed by atoms with van der Waals surface area (Å²) in [4.78, 5) is 49.1. The molecule has 0 saturated heterocycles. The van der Waals surface area contributed by atoms with E-state index in [0.29, 0.717) is 24.3 Å². The number of nitro groups is 1. The van der Waals surface area contributed by atoms with E-state index in [1.807, 2.05) is 12.1 Å². The first kappa shape index (κ1) is 26.4. The number of ketones is 1. The number of carboxylic acids is 1. The summed E-state index contributed by atoms with van der Waals surface area (Å²) in [5.74, 6) is -0.515. The molecule has 0 aromatic heterocycles.